The molecule has 4 nitrogen and oxygen atoms in total. The van der Waals surface area contributed by atoms with Crippen molar-refractivity contribution < 1.29 is 19.1 Å². The lowest BCUT2D eigenvalue weighted by Crippen LogP contribution is -2.05. The van der Waals surface area contributed by atoms with E-state index in [1.807, 2.05) is 12.1 Å². The molecule has 0 spiro atoms. The topological polar surface area (TPSA) is 52.6 Å². The zero-order chi connectivity index (χ0) is 27.8. The van der Waals surface area contributed by atoms with Crippen LogP contribution < -0.4 is 9.47 Å². The minimum Gasteiger partial charge on any atom is -0.493 e. The zero-order valence-electron chi connectivity index (χ0n) is 24.7. The maximum Gasteiger partial charge on any atom is 0.186 e. The van der Waals surface area contributed by atoms with Crippen LogP contribution in [0.25, 0.3) is 0 Å². The third-order valence-corrected chi connectivity index (χ3v) is 8.34. The fourth-order valence-corrected chi connectivity index (χ4v) is 5.50. The largest absolute Gasteiger partial charge is 0.493 e. The third kappa shape index (κ3) is 18.2. The summed E-state index contributed by atoms with van der Waals surface area (Å²) in [5.41, 5.74) is 1.99. The van der Waals surface area contributed by atoms with E-state index >= 15 is 0 Å². The highest BCUT2D eigenvalue weighted by Gasteiger charge is 2.15. The fraction of sp³-hybridized carbons (Fsp3) is 0.750. The highest BCUT2D eigenvalue weighted by molar-refractivity contribution is 8.13. The molecule has 0 atom stereocenters. The molecule has 1 aromatic carbocycles. The van der Waals surface area contributed by atoms with Crippen molar-refractivity contribution in [1.29, 1.82) is 0 Å². The monoisotopic (exact) mass is 566 g/mol. The lowest BCUT2D eigenvalue weighted by molar-refractivity contribution is -0.109. The average molecular weight is 567 g/mol. The summed E-state index contributed by atoms with van der Waals surface area (Å²) >= 11 is 2.59. The first-order valence-electron chi connectivity index (χ1n) is 15.2. The van der Waals surface area contributed by atoms with Gasteiger partial charge < -0.3 is 9.47 Å². The van der Waals surface area contributed by atoms with E-state index in [1.165, 1.54) is 113 Å². The summed E-state index contributed by atoms with van der Waals surface area (Å²) in [5.74, 6) is 2.77. The third-order valence-electron chi connectivity index (χ3n) is 6.62. The van der Waals surface area contributed by atoms with E-state index < -0.39 is 0 Å². The Kier molecular flexibility index (Phi) is 21.8. The molecule has 38 heavy (non-hydrogen) atoms. The molecule has 0 saturated heterocycles. The first-order valence-corrected chi connectivity index (χ1v) is 17.1. The second-order valence-corrected chi connectivity index (χ2v) is 12.6. The van der Waals surface area contributed by atoms with Crippen LogP contribution in [0, 0.1) is 0 Å². The van der Waals surface area contributed by atoms with Gasteiger partial charge in [-0.2, -0.15) is 0 Å². The first kappa shape index (κ1) is 34.9. The van der Waals surface area contributed by atoms with Gasteiger partial charge in [-0.3, -0.25) is 9.59 Å². The zero-order valence-corrected chi connectivity index (χ0v) is 26.4. The molecule has 0 aliphatic heterocycles. The van der Waals surface area contributed by atoms with E-state index in [1.54, 1.807) is 13.8 Å². The molecule has 0 bridgehead atoms. The summed E-state index contributed by atoms with van der Waals surface area (Å²) in [4.78, 5) is 23.4. The van der Waals surface area contributed by atoms with Crippen molar-refractivity contribution in [2.75, 3.05) is 13.2 Å². The van der Waals surface area contributed by atoms with Gasteiger partial charge in [0.25, 0.3) is 0 Å². The number of thioether (sulfide) groups is 2. The van der Waals surface area contributed by atoms with Crippen LogP contribution in [0.3, 0.4) is 0 Å². The molecule has 0 fully saturated rings. The molecule has 0 radical (unpaired) electrons. The molecule has 218 valence electrons. The van der Waals surface area contributed by atoms with Crippen LogP contribution in [-0.2, 0) is 21.1 Å². The van der Waals surface area contributed by atoms with Gasteiger partial charge in [0, 0.05) is 36.5 Å². The Bertz CT molecular complexity index is 702. The van der Waals surface area contributed by atoms with Crippen molar-refractivity contribution in [2.24, 2.45) is 0 Å². The molecular weight excluding hydrogens is 512 g/mol. The molecule has 0 N–H and O–H groups in total. The van der Waals surface area contributed by atoms with Gasteiger partial charge in [0.15, 0.2) is 10.2 Å². The van der Waals surface area contributed by atoms with Gasteiger partial charge in [-0.1, -0.05) is 127 Å². The molecule has 0 aromatic heterocycles. The minimum atomic E-state index is 0.0941. The quantitative estimate of drug-likeness (QED) is 0.116. The van der Waals surface area contributed by atoms with Crippen molar-refractivity contribution in [2.45, 2.75) is 142 Å². The van der Waals surface area contributed by atoms with Crippen molar-refractivity contribution >= 4 is 33.8 Å². The molecule has 1 aromatic rings. The van der Waals surface area contributed by atoms with Crippen LogP contribution in [0.2, 0.25) is 0 Å². The van der Waals surface area contributed by atoms with Crippen LogP contribution in [0.4, 0.5) is 0 Å². The number of ether oxygens (including phenoxy) is 2. The number of rotatable bonds is 24. The number of hydrogen-bond acceptors (Lipinski definition) is 6. The lowest BCUT2D eigenvalue weighted by Gasteiger charge is -2.17. The molecule has 1 rings (SSSR count). The van der Waals surface area contributed by atoms with Gasteiger partial charge in [-0.05, 0) is 25.0 Å². The van der Waals surface area contributed by atoms with Gasteiger partial charge in [-0.25, -0.2) is 0 Å². The average Bonchev–Trinajstić information content (AvgIpc) is 2.89. The van der Waals surface area contributed by atoms with Crippen molar-refractivity contribution in [3.63, 3.8) is 0 Å². The van der Waals surface area contributed by atoms with E-state index in [0.717, 1.165) is 35.5 Å². The standard InChI is InChI=1S/C32H54O4S2/c1-5-7-9-11-13-15-17-19-21-35-31-23-30(26-38-28(4)34)32(24-29(31)25-37-27(3)33)36-22-20-18-16-14-12-10-8-6-2/h23-24H,5-22,25-26H2,1-4H3. The fourth-order valence-electron chi connectivity index (χ4n) is 4.33. The Labute approximate surface area is 242 Å². The second kappa shape index (κ2) is 23.7. The number of carbonyl (C=O) groups is 2. The summed E-state index contributed by atoms with van der Waals surface area (Å²) in [7, 11) is 0. The Morgan fingerprint density at radius 3 is 1.18 bits per heavy atom. The number of carbonyl (C=O) groups excluding carboxylic acids is 2. The van der Waals surface area contributed by atoms with Crippen LogP contribution >= 0.6 is 23.5 Å². The molecule has 0 amide bonds. The van der Waals surface area contributed by atoms with E-state index in [-0.39, 0.29) is 10.2 Å². The molecule has 0 aliphatic carbocycles. The smallest absolute Gasteiger partial charge is 0.186 e. The normalized spacial score (nSPS) is 11.1. The van der Waals surface area contributed by atoms with Crippen molar-refractivity contribution in [3.8, 4) is 11.5 Å². The molecule has 0 aliphatic rings. The highest BCUT2D eigenvalue weighted by atomic mass is 32.2. The Morgan fingerprint density at radius 2 is 0.868 bits per heavy atom. The Hall–Kier alpha value is -1.14. The number of hydrogen-bond donors (Lipinski definition) is 0. The predicted molar refractivity (Wildman–Crippen MR) is 167 cm³/mol. The number of unbranched alkanes of at least 4 members (excludes halogenated alkanes) is 14. The Balaban J connectivity index is 2.71. The summed E-state index contributed by atoms with van der Waals surface area (Å²) in [6.07, 6.45) is 20.1. The molecule has 0 saturated carbocycles. The van der Waals surface area contributed by atoms with Gasteiger partial charge in [0.05, 0.1) is 13.2 Å². The van der Waals surface area contributed by atoms with Crippen LogP contribution in [0.1, 0.15) is 142 Å². The van der Waals surface area contributed by atoms with Gasteiger partial charge >= 0.3 is 0 Å². The second-order valence-electron chi connectivity index (χ2n) is 10.3. The van der Waals surface area contributed by atoms with Gasteiger partial charge in [0.2, 0.25) is 0 Å². The number of benzene rings is 1. The summed E-state index contributed by atoms with van der Waals surface area (Å²) in [6.45, 7) is 9.04. The van der Waals surface area contributed by atoms with E-state index in [0.29, 0.717) is 24.7 Å². The lowest BCUT2D eigenvalue weighted by atomic mass is 10.1. The van der Waals surface area contributed by atoms with Crippen LogP contribution in [0.5, 0.6) is 11.5 Å². The van der Waals surface area contributed by atoms with Crippen molar-refractivity contribution in [1.82, 2.24) is 0 Å². The van der Waals surface area contributed by atoms with Gasteiger partial charge in [-0.15, -0.1) is 0 Å². The Morgan fingerprint density at radius 1 is 0.553 bits per heavy atom. The molecule has 0 unspecified atom stereocenters. The van der Waals surface area contributed by atoms with E-state index in [2.05, 4.69) is 13.8 Å². The first-order chi connectivity index (χ1) is 18.5. The summed E-state index contributed by atoms with van der Waals surface area (Å²) < 4.78 is 12.5. The van der Waals surface area contributed by atoms with Gasteiger partial charge in [0.1, 0.15) is 11.5 Å². The van der Waals surface area contributed by atoms with E-state index in [4.69, 9.17) is 9.47 Å². The summed E-state index contributed by atoms with van der Waals surface area (Å²) in [5, 5.41) is 0.188. The maximum absolute atomic E-state index is 11.7. The maximum atomic E-state index is 11.7. The van der Waals surface area contributed by atoms with Crippen LogP contribution in [0.15, 0.2) is 12.1 Å². The SMILES string of the molecule is CCCCCCCCCCOc1cc(CSC(C)=O)c(OCCCCCCCCCC)cc1CSC(C)=O. The van der Waals surface area contributed by atoms with Crippen LogP contribution in [-0.4, -0.2) is 23.4 Å². The minimum absolute atomic E-state index is 0.0941. The predicted octanol–water partition coefficient (Wildman–Crippen LogP) is 10.3. The van der Waals surface area contributed by atoms with Crippen molar-refractivity contribution in [3.05, 3.63) is 23.3 Å². The molecule has 6 heteroatoms. The van der Waals surface area contributed by atoms with E-state index in [9.17, 15) is 9.59 Å². The molecule has 0 heterocycles. The highest BCUT2D eigenvalue weighted by Crippen LogP contribution is 2.34. The molecular formula is C32H54O4S2. The summed E-state index contributed by atoms with van der Waals surface area (Å²) in [6, 6.07) is 4.08.